The van der Waals surface area contributed by atoms with E-state index in [-0.39, 0.29) is 11.6 Å². The zero-order valence-electron chi connectivity index (χ0n) is 15.1. The number of aromatic nitrogens is 7. The molecule has 1 amide bonds. The summed E-state index contributed by atoms with van der Waals surface area (Å²) in [6.45, 7) is 4.29. The number of carbonyl (C=O) groups excluding carboxylic acids is 1. The van der Waals surface area contributed by atoms with Crippen LogP contribution in [0.4, 0.5) is 5.13 Å². The summed E-state index contributed by atoms with van der Waals surface area (Å²) in [5, 5.41) is 20.0. The molecule has 0 saturated carbocycles. The van der Waals surface area contributed by atoms with E-state index in [2.05, 4.69) is 37.4 Å². The maximum absolute atomic E-state index is 12.5. The molecule has 3 aromatic heterocycles. The van der Waals surface area contributed by atoms with Gasteiger partial charge in [-0.05, 0) is 24.4 Å². The van der Waals surface area contributed by atoms with Gasteiger partial charge in [-0.3, -0.25) is 19.8 Å². The molecule has 0 fully saturated rings. The average Bonchev–Trinajstić information content (AvgIpc) is 3.46. The lowest BCUT2D eigenvalue weighted by molar-refractivity contribution is 0.102. The lowest BCUT2D eigenvalue weighted by atomic mass is 10.3. The Morgan fingerprint density at radius 1 is 1.34 bits per heavy atom. The first-order valence-electron chi connectivity index (χ1n) is 8.62. The van der Waals surface area contributed by atoms with E-state index in [1.54, 1.807) is 17.0 Å². The number of anilines is 1. The van der Waals surface area contributed by atoms with Crippen molar-refractivity contribution in [2.75, 3.05) is 5.32 Å². The highest BCUT2D eigenvalue weighted by molar-refractivity contribution is 7.71. The first-order valence-corrected chi connectivity index (χ1v) is 9.91. The van der Waals surface area contributed by atoms with Crippen molar-refractivity contribution in [2.45, 2.75) is 13.0 Å². The van der Waals surface area contributed by atoms with Crippen LogP contribution in [0.1, 0.15) is 22.0 Å². The summed E-state index contributed by atoms with van der Waals surface area (Å²) in [6.07, 6.45) is 3.81. The number of hydrogen-bond donors (Lipinski definition) is 2. The molecule has 29 heavy (non-hydrogen) atoms. The molecule has 0 aliphatic carbocycles. The molecule has 0 unspecified atom stereocenters. The van der Waals surface area contributed by atoms with Crippen molar-refractivity contribution in [1.82, 2.24) is 34.7 Å². The molecule has 0 atom stereocenters. The maximum atomic E-state index is 12.5. The van der Waals surface area contributed by atoms with Crippen LogP contribution in [0, 0.1) is 4.77 Å². The highest BCUT2D eigenvalue weighted by Gasteiger charge is 2.15. The van der Waals surface area contributed by atoms with Crippen molar-refractivity contribution in [3.8, 4) is 5.69 Å². The third-order valence-corrected chi connectivity index (χ3v) is 5.13. The number of carbonyl (C=O) groups is 1. The topological polar surface area (TPSA) is 106 Å². The Morgan fingerprint density at radius 3 is 2.97 bits per heavy atom. The highest BCUT2D eigenvalue weighted by atomic mass is 32.1. The van der Waals surface area contributed by atoms with Gasteiger partial charge in [0.05, 0.1) is 24.0 Å². The minimum absolute atomic E-state index is 0.206. The quantitative estimate of drug-likeness (QED) is 0.349. The Morgan fingerprint density at radius 2 is 2.17 bits per heavy atom. The van der Waals surface area contributed by atoms with Crippen molar-refractivity contribution >= 4 is 34.6 Å². The Balaban J connectivity index is 1.44. The predicted octanol–water partition coefficient (Wildman–Crippen LogP) is 3.01. The van der Waals surface area contributed by atoms with Gasteiger partial charge in [-0.1, -0.05) is 29.5 Å². The average molecular weight is 425 g/mol. The normalized spacial score (nSPS) is 10.8. The smallest absolute Gasteiger partial charge is 0.279 e. The number of thiazole rings is 1. The summed E-state index contributed by atoms with van der Waals surface area (Å²) in [7, 11) is 0. The van der Waals surface area contributed by atoms with Crippen molar-refractivity contribution in [1.29, 1.82) is 0 Å². The predicted molar refractivity (Wildman–Crippen MR) is 112 cm³/mol. The molecule has 4 rings (SSSR count). The molecule has 0 saturated heterocycles. The molecular weight excluding hydrogens is 408 g/mol. The summed E-state index contributed by atoms with van der Waals surface area (Å²) in [5.74, 6) is 0.381. The number of allylic oxidation sites excluding steroid dienone is 1. The maximum Gasteiger partial charge on any atom is 0.279 e. The molecule has 9 nitrogen and oxygen atoms in total. The fraction of sp³-hybridized carbons (Fsp3) is 0.111. The Hall–Kier alpha value is -3.44. The Kier molecular flexibility index (Phi) is 5.40. The van der Waals surface area contributed by atoms with Gasteiger partial charge in [0.25, 0.3) is 5.91 Å². The fourth-order valence-electron chi connectivity index (χ4n) is 2.65. The molecule has 3 heterocycles. The third-order valence-electron chi connectivity index (χ3n) is 4.01. The molecule has 146 valence electrons. The molecule has 0 radical (unpaired) electrons. The van der Waals surface area contributed by atoms with Crippen LogP contribution in [0.15, 0.2) is 54.6 Å². The van der Waals surface area contributed by atoms with Gasteiger partial charge in [0, 0.05) is 11.9 Å². The lowest BCUT2D eigenvalue weighted by Gasteiger charge is -2.01. The van der Waals surface area contributed by atoms with Crippen LogP contribution in [0.3, 0.4) is 0 Å². The second kappa shape index (κ2) is 8.29. The highest BCUT2D eigenvalue weighted by Crippen LogP contribution is 2.18. The monoisotopic (exact) mass is 424 g/mol. The number of H-pyrrole nitrogens is 1. The van der Waals surface area contributed by atoms with E-state index in [1.807, 2.05) is 40.3 Å². The summed E-state index contributed by atoms with van der Waals surface area (Å²) in [4.78, 5) is 16.9. The van der Waals surface area contributed by atoms with Crippen LogP contribution in [0.25, 0.3) is 5.69 Å². The van der Waals surface area contributed by atoms with Crippen LogP contribution >= 0.6 is 23.6 Å². The van der Waals surface area contributed by atoms with Gasteiger partial charge in [0.15, 0.2) is 15.6 Å². The van der Waals surface area contributed by atoms with Crippen LogP contribution in [0.2, 0.25) is 0 Å². The SMILES string of the molecule is C=CCn1c(Cc2csc(NC(=O)c3cn(-c4ccccc4)nn3)n2)n[nH]c1=S. The van der Waals surface area contributed by atoms with Gasteiger partial charge >= 0.3 is 0 Å². The summed E-state index contributed by atoms with van der Waals surface area (Å²) < 4.78 is 3.93. The van der Waals surface area contributed by atoms with E-state index < -0.39 is 0 Å². The summed E-state index contributed by atoms with van der Waals surface area (Å²) >= 11 is 6.55. The van der Waals surface area contributed by atoms with E-state index in [1.165, 1.54) is 11.3 Å². The largest absolute Gasteiger partial charge is 0.300 e. The second-order valence-corrected chi connectivity index (χ2v) is 7.25. The standard InChI is InChI=1S/C18H16N8OS2/c1-2-8-25-15(22-23-18(25)28)9-12-11-29-17(19-12)20-16(27)14-10-26(24-21-14)13-6-4-3-5-7-13/h2-7,10-11H,1,8-9H2,(H,23,28)(H,19,20,27). The summed E-state index contributed by atoms with van der Waals surface area (Å²) in [5.41, 5.74) is 1.80. The molecule has 4 aromatic rings. The van der Waals surface area contributed by atoms with Crippen molar-refractivity contribution in [3.63, 3.8) is 0 Å². The first kappa shape index (κ1) is 18.9. The zero-order chi connectivity index (χ0) is 20.2. The molecule has 2 N–H and O–H groups in total. The number of hydrogen-bond acceptors (Lipinski definition) is 7. The molecule has 0 aliphatic heterocycles. The number of aromatic amines is 1. The van der Waals surface area contributed by atoms with Gasteiger partial charge < -0.3 is 0 Å². The number of nitrogens with one attached hydrogen (secondary N) is 2. The number of nitrogens with zero attached hydrogens (tertiary/aromatic N) is 6. The first-order chi connectivity index (χ1) is 14.1. The van der Waals surface area contributed by atoms with E-state index in [0.717, 1.165) is 17.2 Å². The number of amides is 1. The van der Waals surface area contributed by atoms with Crippen LogP contribution in [-0.4, -0.2) is 40.6 Å². The Labute approximate surface area is 174 Å². The van der Waals surface area contributed by atoms with Crippen molar-refractivity contribution < 1.29 is 4.79 Å². The lowest BCUT2D eigenvalue weighted by Crippen LogP contribution is -2.12. The minimum atomic E-state index is -0.373. The Bertz CT molecular complexity index is 1200. The molecule has 0 spiro atoms. The van der Waals surface area contributed by atoms with E-state index >= 15 is 0 Å². The molecule has 11 heteroatoms. The van der Waals surface area contributed by atoms with E-state index in [4.69, 9.17) is 12.2 Å². The molecular formula is C18H16N8OS2. The van der Waals surface area contributed by atoms with Gasteiger partial charge in [-0.2, -0.15) is 5.10 Å². The number of benzene rings is 1. The summed E-state index contributed by atoms with van der Waals surface area (Å²) in [6, 6.07) is 9.45. The fourth-order valence-corrected chi connectivity index (χ4v) is 3.58. The molecule has 1 aromatic carbocycles. The van der Waals surface area contributed by atoms with Gasteiger partial charge in [0.1, 0.15) is 5.82 Å². The number of rotatable bonds is 7. The zero-order valence-corrected chi connectivity index (χ0v) is 16.8. The van der Waals surface area contributed by atoms with Crippen LogP contribution in [-0.2, 0) is 13.0 Å². The minimum Gasteiger partial charge on any atom is -0.300 e. The third kappa shape index (κ3) is 4.20. The number of para-hydroxylation sites is 1. The van der Waals surface area contributed by atoms with Crippen LogP contribution in [0.5, 0.6) is 0 Å². The van der Waals surface area contributed by atoms with E-state index in [0.29, 0.717) is 22.9 Å². The van der Waals surface area contributed by atoms with E-state index in [9.17, 15) is 4.79 Å². The molecule has 0 aliphatic rings. The molecule has 0 bridgehead atoms. The van der Waals surface area contributed by atoms with Gasteiger partial charge in [-0.15, -0.1) is 23.0 Å². The van der Waals surface area contributed by atoms with Gasteiger partial charge in [-0.25, -0.2) is 9.67 Å². The second-order valence-electron chi connectivity index (χ2n) is 6.00. The van der Waals surface area contributed by atoms with Gasteiger partial charge in [0.2, 0.25) is 0 Å². The van der Waals surface area contributed by atoms with Crippen molar-refractivity contribution in [2.24, 2.45) is 0 Å². The van der Waals surface area contributed by atoms with Crippen molar-refractivity contribution in [3.05, 3.63) is 76.5 Å². The van der Waals surface area contributed by atoms with Crippen LogP contribution < -0.4 is 5.32 Å².